The molecule has 1 amide bonds. The van der Waals surface area contributed by atoms with Crippen LogP contribution in [0.2, 0.25) is 0 Å². The van der Waals surface area contributed by atoms with Crippen molar-refractivity contribution in [2.24, 2.45) is 5.92 Å². The van der Waals surface area contributed by atoms with Crippen molar-refractivity contribution in [3.8, 4) is 0 Å². The van der Waals surface area contributed by atoms with Crippen LogP contribution in [0, 0.1) is 5.92 Å². The number of thiocarbonyl (C=S) groups is 1. The molecule has 1 aliphatic rings. The third-order valence-corrected chi connectivity index (χ3v) is 4.92. The first kappa shape index (κ1) is 14.8. The van der Waals surface area contributed by atoms with Gasteiger partial charge in [0.2, 0.25) is 5.91 Å². The quantitative estimate of drug-likeness (QED) is 0.484. The Labute approximate surface area is 115 Å². The summed E-state index contributed by atoms with van der Waals surface area (Å²) in [4.78, 5) is 22.3. The Morgan fingerprint density at radius 1 is 1.65 bits per heavy atom. The fourth-order valence-corrected chi connectivity index (χ4v) is 4.23. The van der Waals surface area contributed by atoms with E-state index in [1.165, 1.54) is 18.7 Å². The van der Waals surface area contributed by atoms with Gasteiger partial charge >= 0.3 is 5.97 Å². The lowest BCUT2D eigenvalue weighted by Gasteiger charge is -2.38. The highest BCUT2D eigenvalue weighted by Gasteiger charge is 2.45. The van der Waals surface area contributed by atoms with E-state index in [2.05, 4.69) is 5.32 Å². The van der Waals surface area contributed by atoms with Crippen LogP contribution < -0.4 is 5.32 Å². The molecule has 0 aliphatic carbocycles. The summed E-state index contributed by atoms with van der Waals surface area (Å²) in [6.45, 7) is 5.09. The van der Waals surface area contributed by atoms with Gasteiger partial charge in [-0.05, 0) is 12.7 Å². The summed E-state index contributed by atoms with van der Waals surface area (Å²) in [5, 5.41) is 2.69. The first-order valence-corrected chi connectivity index (χ1v) is 7.54. The fourth-order valence-electron chi connectivity index (χ4n) is 1.52. The summed E-state index contributed by atoms with van der Waals surface area (Å²) in [7, 11) is 0. The Balaban J connectivity index is 2.49. The van der Waals surface area contributed by atoms with Crippen LogP contribution >= 0.6 is 35.7 Å². The van der Waals surface area contributed by atoms with E-state index in [0.717, 1.165) is 9.28 Å². The number of hydrogen-bond donors (Lipinski definition) is 1. The van der Waals surface area contributed by atoms with Gasteiger partial charge in [0.05, 0.1) is 5.37 Å². The van der Waals surface area contributed by atoms with Crippen molar-refractivity contribution in [2.75, 3.05) is 5.75 Å². The Bertz CT molecular complexity index is 335. The predicted octanol–water partition coefficient (Wildman–Crippen LogP) is 1.78. The molecule has 17 heavy (non-hydrogen) atoms. The molecule has 0 bridgehead atoms. The second-order valence-electron chi connectivity index (χ2n) is 3.57. The number of hydrogen-bond acceptors (Lipinski definition) is 6. The van der Waals surface area contributed by atoms with E-state index >= 15 is 0 Å². The molecule has 7 heteroatoms. The van der Waals surface area contributed by atoms with Crippen molar-refractivity contribution >= 4 is 51.1 Å². The Morgan fingerprint density at radius 2 is 2.29 bits per heavy atom. The average molecular weight is 293 g/mol. The molecule has 3 atom stereocenters. The first-order valence-electron chi connectivity index (χ1n) is 5.26. The van der Waals surface area contributed by atoms with Crippen LogP contribution in [0.3, 0.4) is 0 Å². The SMILES string of the molecule is CCSC(=S)SC1NC(=O)C1C(C)OC(C)=O. The first-order chi connectivity index (χ1) is 7.95. The normalized spacial score (nSPS) is 24.5. The van der Waals surface area contributed by atoms with Gasteiger partial charge in [0.25, 0.3) is 0 Å². The lowest BCUT2D eigenvalue weighted by atomic mass is 9.96. The number of rotatable bonds is 4. The van der Waals surface area contributed by atoms with Crippen molar-refractivity contribution in [2.45, 2.75) is 32.2 Å². The third kappa shape index (κ3) is 4.15. The minimum atomic E-state index is -0.409. The largest absolute Gasteiger partial charge is 0.462 e. The van der Waals surface area contributed by atoms with Gasteiger partial charge in [-0.25, -0.2) is 0 Å². The van der Waals surface area contributed by atoms with E-state index in [1.807, 2.05) is 6.92 Å². The van der Waals surface area contributed by atoms with Crippen LogP contribution in [0.5, 0.6) is 0 Å². The zero-order chi connectivity index (χ0) is 13.0. The summed E-state index contributed by atoms with van der Waals surface area (Å²) in [6.07, 6.45) is -0.409. The van der Waals surface area contributed by atoms with E-state index in [1.54, 1.807) is 18.7 Å². The molecule has 0 aromatic carbocycles. The maximum absolute atomic E-state index is 11.4. The van der Waals surface area contributed by atoms with Gasteiger partial charge < -0.3 is 10.1 Å². The van der Waals surface area contributed by atoms with Crippen LogP contribution in [0.4, 0.5) is 0 Å². The maximum Gasteiger partial charge on any atom is 0.302 e. The molecule has 0 saturated carbocycles. The van der Waals surface area contributed by atoms with Gasteiger partial charge in [0.15, 0.2) is 0 Å². The Morgan fingerprint density at radius 3 is 2.76 bits per heavy atom. The molecular formula is C10H15NO3S3. The minimum Gasteiger partial charge on any atom is -0.462 e. The van der Waals surface area contributed by atoms with Crippen molar-refractivity contribution in [3.63, 3.8) is 0 Å². The number of β-lactam (4-membered cyclic amide) rings is 1. The van der Waals surface area contributed by atoms with Crippen LogP contribution in [0.1, 0.15) is 20.8 Å². The number of amides is 1. The molecule has 0 aromatic rings. The number of carbonyl (C=O) groups is 2. The molecule has 3 unspecified atom stereocenters. The predicted molar refractivity (Wildman–Crippen MR) is 75.0 cm³/mol. The van der Waals surface area contributed by atoms with E-state index in [9.17, 15) is 9.59 Å². The monoisotopic (exact) mass is 293 g/mol. The van der Waals surface area contributed by atoms with Crippen molar-refractivity contribution in [1.29, 1.82) is 0 Å². The standard InChI is InChI=1S/C10H15NO3S3/c1-4-16-10(15)17-9-7(8(13)11-9)5(2)14-6(3)12/h5,7,9H,4H2,1-3H3,(H,11,13). The van der Waals surface area contributed by atoms with E-state index in [4.69, 9.17) is 17.0 Å². The van der Waals surface area contributed by atoms with Crippen molar-refractivity contribution in [3.05, 3.63) is 0 Å². The molecule has 1 fully saturated rings. The molecule has 1 aliphatic heterocycles. The van der Waals surface area contributed by atoms with E-state index in [-0.39, 0.29) is 23.2 Å². The zero-order valence-corrected chi connectivity index (χ0v) is 12.3. The lowest BCUT2D eigenvalue weighted by Crippen LogP contribution is -2.61. The van der Waals surface area contributed by atoms with Crippen molar-refractivity contribution < 1.29 is 14.3 Å². The third-order valence-electron chi connectivity index (χ3n) is 2.26. The number of ether oxygens (including phenoxy) is 1. The average Bonchev–Trinajstić information content (AvgIpc) is 2.15. The Kier molecular flexibility index (Phi) is 5.75. The molecule has 1 heterocycles. The number of esters is 1. The molecule has 0 aromatic heterocycles. The number of nitrogens with one attached hydrogen (secondary N) is 1. The van der Waals surface area contributed by atoms with Crippen LogP contribution in [0.15, 0.2) is 0 Å². The van der Waals surface area contributed by atoms with Crippen LogP contribution in [0.25, 0.3) is 0 Å². The second-order valence-corrected chi connectivity index (χ2v) is 7.18. The Hall–Kier alpha value is -0.270. The van der Waals surface area contributed by atoms with Gasteiger partial charge in [-0.1, -0.05) is 30.9 Å². The topological polar surface area (TPSA) is 55.4 Å². The fraction of sp³-hybridized carbons (Fsp3) is 0.700. The van der Waals surface area contributed by atoms with Gasteiger partial charge in [0, 0.05) is 6.92 Å². The summed E-state index contributed by atoms with van der Waals surface area (Å²) in [5.74, 6) is 0.155. The van der Waals surface area contributed by atoms with E-state index in [0.29, 0.717) is 0 Å². The summed E-state index contributed by atoms with van der Waals surface area (Å²) < 4.78 is 5.84. The minimum absolute atomic E-state index is 0.0802. The molecule has 0 radical (unpaired) electrons. The lowest BCUT2D eigenvalue weighted by molar-refractivity contribution is -0.154. The molecule has 96 valence electrons. The number of carbonyl (C=O) groups excluding carboxylic acids is 2. The summed E-state index contributed by atoms with van der Waals surface area (Å²) in [5.41, 5.74) is 0. The molecule has 1 N–H and O–H groups in total. The van der Waals surface area contributed by atoms with Gasteiger partial charge in [0.1, 0.15) is 15.6 Å². The van der Waals surface area contributed by atoms with Crippen LogP contribution in [-0.4, -0.2) is 32.6 Å². The summed E-state index contributed by atoms with van der Waals surface area (Å²) in [6, 6.07) is 0. The van der Waals surface area contributed by atoms with Crippen LogP contribution in [-0.2, 0) is 14.3 Å². The highest BCUT2D eigenvalue weighted by molar-refractivity contribution is 8.47. The molecule has 0 spiro atoms. The molecule has 1 rings (SSSR count). The van der Waals surface area contributed by atoms with Gasteiger partial charge in [-0.3, -0.25) is 9.59 Å². The van der Waals surface area contributed by atoms with Gasteiger partial charge in [-0.15, -0.1) is 11.8 Å². The zero-order valence-electron chi connectivity index (χ0n) is 9.89. The summed E-state index contributed by atoms with van der Waals surface area (Å²) >= 11 is 8.18. The molecule has 4 nitrogen and oxygen atoms in total. The highest BCUT2D eigenvalue weighted by atomic mass is 32.2. The molecule has 1 saturated heterocycles. The molecular weight excluding hydrogens is 278 g/mol. The van der Waals surface area contributed by atoms with E-state index < -0.39 is 6.10 Å². The second kappa shape index (κ2) is 6.61. The maximum atomic E-state index is 11.4. The number of thioether (sulfide) groups is 2. The van der Waals surface area contributed by atoms with Crippen molar-refractivity contribution in [1.82, 2.24) is 5.32 Å². The smallest absolute Gasteiger partial charge is 0.302 e. The highest BCUT2D eigenvalue weighted by Crippen LogP contribution is 2.33. The van der Waals surface area contributed by atoms with Gasteiger partial charge in [-0.2, -0.15) is 0 Å².